The number of fused-ring (bicyclic) bond motifs is 1. The predicted octanol–water partition coefficient (Wildman–Crippen LogP) is 2.56. The quantitative estimate of drug-likeness (QED) is 0.938. The second kappa shape index (κ2) is 5.87. The number of ether oxygens (including phenoxy) is 2. The molecule has 1 aliphatic rings. The zero-order valence-electron chi connectivity index (χ0n) is 11.9. The van der Waals surface area contributed by atoms with E-state index in [1.54, 1.807) is 13.2 Å². The van der Waals surface area contributed by atoms with E-state index in [4.69, 9.17) is 9.47 Å². The fourth-order valence-electron chi connectivity index (χ4n) is 2.45. The number of amides is 1. The van der Waals surface area contributed by atoms with Gasteiger partial charge in [-0.2, -0.15) is 0 Å². The normalized spacial score (nSPS) is 12.4. The van der Waals surface area contributed by atoms with Crippen molar-refractivity contribution in [1.82, 2.24) is 5.32 Å². The van der Waals surface area contributed by atoms with Crippen LogP contribution >= 0.6 is 0 Å². The van der Waals surface area contributed by atoms with Crippen LogP contribution in [0.2, 0.25) is 0 Å². The molecule has 21 heavy (non-hydrogen) atoms. The number of para-hydroxylation sites is 1. The van der Waals surface area contributed by atoms with Crippen LogP contribution in [-0.2, 0) is 13.0 Å². The highest BCUT2D eigenvalue weighted by Crippen LogP contribution is 2.26. The van der Waals surface area contributed by atoms with Crippen LogP contribution in [0.5, 0.6) is 11.5 Å². The molecule has 0 aromatic heterocycles. The number of rotatable bonds is 4. The number of nitrogens with one attached hydrogen (secondary N) is 1. The van der Waals surface area contributed by atoms with E-state index in [2.05, 4.69) is 5.32 Å². The summed E-state index contributed by atoms with van der Waals surface area (Å²) in [6, 6.07) is 13.2. The number of hydrogen-bond acceptors (Lipinski definition) is 3. The van der Waals surface area contributed by atoms with Gasteiger partial charge in [-0.3, -0.25) is 4.79 Å². The maximum absolute atomic E-state index is 12.2. The minimum atomic E-state index is -0.0874. The van der Waals surface area contributed by atoms with Crippen LogP contribution in [0.15, 0.2) is 42.5 Å². The lowest BCUT2D eigenvalue weighted by Crippen LogP contribution is -2.23. The molecular weight excluding hydrogens is 266 g/mol. The molecule has 2 aromatic carbocycles. The number of benzene rings is 2. The molecule has 0 aliphatic carbocycles. The first-order valence-electron chi connectivity index (χ1n) is 6.94. The largest absolute Gasteiger partial charge is 0.496 e. The molecule has 3 rings (SSSR count). The Hall–Kier alpha value is -2.49. The first kappa shape index (κ1) is 13.5. The summed E-state index contributed by atoms with van der Waals surface area (Å²) < 4.78 is 10.7. The van der Waals surface area contributed by atoms with Gasteiger partial charge < -0.3 is 14.8 Å². The lowest BCUT2D eigenvalue weighted by atomic mass is 10.1. The third kappa shape index (κ3) is 2.84. The van der Waals surface area contributed by atoms with Gasteiger partial charge in [0, 0.05) is 24.1 Å². The molecule has 0 unspecified atom stereocenters. The zero-order chi connectivity index (χ0) is 14.7. The second-order valence-electron chi connectivity index (χ2n) is 4.92. The number of hydrogen-bond donors (Lipinski definition) is 1. The van der Waals surface area contributed by atoms with Crippen LogP contribution in [-0.4, -0.2) is 19.6 Å². The molecule has 4 nitrogen and oxygen atoms in total. The zero-order valence-corrected chi connectivity index (χ0v) is 11.9. The Balaban J connectivity index is 1.69. The van der Waals surface area contributed by atoms with E-state index < -0.39 is 0 Å². The molecule has 0 atom stereocenters. The molecular formula is C17H17NO3. The van der Waals surface area contributed by atoms with Crippen LogP contribution < -0.4 is 14.8 Å². The van der Waals surface area contributed by atoms with E-state index in [0.29, 0.717) is 18.7 Å². The Morgan fingerprint density at radius 2 is 2.14 bits per heavy atom. The molecule has 108 valence electrons. The van der Waals surface area contributed by atoms with Crippen molar-refractivity contribution in [2.75, 3.05) is 13.7 Å². The molecule has 0 radical (unpaired) electrons. The molecule has 0 bridgehead atoms. The topological polar surface area (TPSA) is 47.6 Å². The monoisotopic (exact) mass is 283 g/mol. The second-order valence-corrected chi connectivity index (χ2v) is 4.92. The van der Waals surface area contributed by atoms with E-state index in [1.165, 1.54) is 0 Å². The highest BCUT2D eigenvalue weighted by molar-refractivity contribution is 5.94. The molecule has 0 saturated heterocycles. The summed E-state index contributed by atoms with van der Waals surface area (Å²) in [7, 11) is 1.63. The number of carbonyl (C=O) groups is 1. The Labute approximate surface area is 123 Å². The Morgan fingerprint density at radius 3 is 3.00 bits per heavy atom. The summed E-state index contributed by atoms with van der Waals surface area (Å²) in [5, 5.41) is 2.92. The van der Waals surface area contributed by atoms with Crippen molar-refractivity contribution in [1.29, 1.82) is 0 Å². The highest BCUT2D eigenvalue weighted by atomic mass is 16.5. The van der Waals surface area contributed by atoms with E-state index in [-0.39, 0.29) is 5.91 Å². The van der Waals surface area contributed by atoms with Gasteiger partial charge in [-0.1, -0.05) is 18.2 Å². The maximum atomic E-state index is 12.2. The van der Waals surface area contributed by atoms with Gasteiger partial charge in [0.05, 0.1) is 13.7 Å². The van der Waals surface area contributed by atoms with Crippen molar-refractivity contribution in [3.63, 3.8) is 0 Å². The van der Waals surface area contributed by atoms with Crippen molar-refractivity contribution in [2.45, 2.75) is 13.0 Å². The summed E-state index contributed by atoms with van der Waals surface area (Å²) in [6.45, 7) is 1.14. The standard InChI is InChI=1S/C17H17NO3/c1-20-15-5-3-2-4-14(15)11-18-17(19)13-6-7-16-12(10-13)8-9-21-16/h2-7,10H,8-9,11H2,1H3,(H,18,19). The first-order chi connectivity index (χ1) is 10.3. The van der Waals surface area contributed by atoms with Gasteiger partial charge in [-0.15, -0.1) is 0 Å². The van der Waals surface area contributed by atoms with Crippen molar-refractivity contribution in [3.05, 3.63) is 59.2 Å². The smallest absolute Gasteiger partial charge is 0.251 e. The summed E-state index contributed by atoms with van der Waals surface area (Å²) >= 11 is 0. The van der Waals surface area contributed by atoms with Crippen molar-refractivity contribution in [2.24, 2.45) is 0 Å². The molecule has 1 heterocycles. The van der Waals surface area contributed by atoms with Gasteiger partial charge in [-0.05, 0) is 29.8 Å². The Morgan fingerprint density at radius 1 is 1.29 bits per heavy atom. The molecule has 4 heteroatoms. The molecule has 1 amide bonds. The fourth-order valence-corrected chi connectivity index (χ4v) is 2.45. The third-order valence-electron chi connectivity index (χ3n) is 3.58. The lowest BCUT2D eigenvalue weighted by molar-refractivity contribution is 0.0950. The van der Waals surface area contributed by atoms with Crippen LogP contribution in [0.4, 0.5) is 0 Å². The highest BCUT2D eigenvalue weighted by Gasteiger charge is 2.15. The SMILES string of the molecule is COc1ccccc1CNC(=O)c1ccc2c(c1)CCO2. The molecule has 1 aliphatic heterocycles. The van der Waals surface area contributed by atoms with Gasteiger partial charge in [0.2, 0.25) is 0 Å². The van der Waals surface area contributed by atoms with E-state index in [1.807, 2.05) is 36.4 Å². The van der Waals surface area contributed by atoms with E-state index >= 15 is 0 Å². The van der Waals surface area contributed by atoms with Gasteiger partial charge >= 0.3 is 0 Å². The van der Waals surface area contributed by atoms with Gasteiger partial charge in [0.15, 0.2) is 0 Å². The minimum Gasteiger partial charge on any atom is -0.496 e. The van der Waals surface area contributed by atoms with Gasteiger partial charge in [0.1, 0.15) is 11.5 Å². The van der Waals surface area contributed by atoms with Gasteiger partial charge in [0.25, 0.3) is 5.91 Å². The Bertz CT molecular complexity index is 667. The minimum absolute atomic E-state index is 0.0874. The van der Waals surface area contributed by atoms with Gasteiger partial charge in [-0.25, -0.2) is 0 Å². The average molecular weight is 283 g/mol. The number of methoxy groups -OCH3 is 1. The molecule has 2 aromatic rings. The molecule has 0 spiro atoms. The van der Waals surface area contributed by atoms with E-state index in [0.717, 1.165) is 29.0 Å². The first-order valence-corrected chi connectivity index (χ1v) is 6.94. The molecule has 0 saturated carbocycles. The van der Waals surface area contributed by atoms with Crippen molar-refractivity contribution in [3.8, 4) is 11.5 Å². The van der Waals surface area contributed by atoms with Crippen LogP contribution in [0.3, 0.4) is 0 Å². The van der Waals surface area contributed by atoms with Crippen molar-refractivity contribution < 1.29 is 14.3 Å². The van der Waals surface area contributed by atoms with Crippen LogP contribution in [0.1, 0.15) is 21.5 Å². The maximum Gasteiger partial charge on any atom is 0.251 e. The summed E-state index contributed by atoms with van der Waals surface area (Å²) in [6.07, 6.45) is 0.864. The number of carbonyl (C=O) groups excluding carboxylic acids is 1. The average Bonchev–Trinajstić information content (AvgIpc) is 3.00. The molecule has 1 N–H and O–H groups in total. The van der Waals surface area contributed by atoms with Crippen LogP contribution in [0.25, 0.3) is 0 Å². The third-order valence-corrected chi connectivity index (χ3v) is 3.58. The van der Waals surface area contributed by atoms with Crippen molar-refractivity contribution >= 4 is 5.91 Å². The summed E-state index contributed by atoms with van der Waals surface area (Å²) in [4.78, 5) is 12.2. The van der Waals surface area contributed by atoms with Crippen LogP contribution in [0, 0.1) is 0 Å². The fraction of sp³-hybridized carbons (Fsp3) is 0.235. The summed E-state index contributed by atoms with van der Waals surface area (Å²) in [5.74, 6) is 1.58. The lowest BCUT2D eigenvalue weighted by Gasteiger charge is -2.10. The summed E-state index contributed by atoms with van der Waals surface area (Å²) in [5.41, 5.74) is 2.71. The predicted molar refractivity (Wildman–Crippen MR) is 79.8 cm³/mol. The Kier molecular flexibility index (Phi) is 3.77. The van der Waals surface area contributed by atoms with E-state index in [9.17, 15) is 4.79 Å². The molecule has 0 fully saturated rings.